The maximum atomic E-state index is 4.25. The molecule has 1 aliphatic rings. The van der Waals surface area contributed by atoms with Gasteiger partial charge in [0.25, 0.3) is 0 Å². The summed E-state index contributed by atoms with van der Waals surface area (Å²) in [4.78, 5) is 2.65. The molecule has 2 nitrogen and oxygen atoms in total. The van der Waals surface area contributed by atoms with Crippen LogP contribution < -0.4 is 0 Å². The molecule has 2 rings (SSSR count). The third kappa shape index (κ3) is 0.860. The van der Waals surface area contributed by atoms with Gasteiger partial charge in [0.05, 0.1) is 0 Å². The van der Waals surface area contributed by atoms with Crippen LogP contribution in [0.4, 0.5) is 5.69 Å². The Hall–Kier alpha value is -0.700. The molecule has 0 aliphatic carbocycles. The highest BCUT2D eigenvalue weighted by Crippen LogP contribution is 2.47. The number of nitrogens with zero attached hydrogens (tertiary/aromatic N) is 2. The monoisotopic (exact) mass is 180 g/mol. The van der Waals surface area contributed by atoms with Crippen molar-refractivity contribution in [2.75, 3.05) is 0 Å². The minimum Gasteiger partial charge on any atom is -0.177 e. The van der Waals surface area contributed by atoms with Crippen molar-refractivity contribution in [3.63, 3.8) is 0 Å². The molecule has 0 amide bonds. The Morgan fingerprint density at radius 3 is 2.42 bits per heavy atom. The lowest BCUT2D eigenvalue weighted by atomic mass is 9.96. The zero-order valence-electron chi connectivity index (χ0n) is 7.80. The molecule has 3 heteroatoms. The molecule has 0 bridgehead atoms. The molecule has 0 unspecified atom stereocenters. The van der Waals surface area contributed by atoms with E-state index in [1.807, 2.05) is 11.3 Å². The highest BCUT2D eigenvalue weighted by Gasteiger charge is 2.32. The number of hydrogen-bond donors (Lipinski definition) is 0. The molecule has 0 fully saturated rings. The molecule has 2 heterocycles. The second-order valence-electron chi connectivity index (χ2n) is 3.70. The van der Waals surface area contributed by atoms with E-state index < -0.39 is 0 Å². The standard InChI is InChI=1S/C9H12N2S/c1-5-7-8(6(2)12-5)10-11-9(7,3)4/h1-4H3. The Kier molecular flexibility index (Phi) is 1.43. The minimum atomic E-state index is -0.0931. The molecule has 1 aromatic heterocycles. The molecule has 0 N–H and O–H groups in total. The van der Waals surface area contributed by atoms with Gasteiger partial charge in [-0.25, -0.2) is 0 Å². The summed E-state index contributed by atoms with van der Waals surface area (Å²) in [6.07, 6.45) is 0. The zero-order chi connectivity index (χ0) is 8.93. The molecule has 0 saturated heterocycles. The fourth-order valence-corrected chi connectivity index (χ4v) is 2.89. The number of hydrogen-bond acceptors (Lipinski definition) is 3. The number of fused-ring (bicyclic) bond motifs is 1. The lowest BCUT2D eigenvalue weighted by Crippen LogP contribution is -2.09. The second kappa shape index (κ2) is 2.16. The van der Waals surface area contributed by atoms with Gasteiger partial charge in [0.2, 0.25) is 0 Å². The lowest BCUT2D eigenvalue weighted by Gasteiger charge is -2.12. The summed E-state index contributed by atoms with van der Waals surface area (Å²) >= 11 is 1.82. The van der Waals surface area contributed by atoms with E-state index in [-0.39, 0.29) is 5.54 Å². The van der Waals surface area contributed by atoms with E-state index in [9.17, 15) is 0 Å². The largest absolute Gasteiger partial charge is 0.177 e. The summed E-state index contributed by atoms with van der Waals surface area (Å²) in [7, 11) is 0. The zero-order valence-corrected chi connectivity index (χ0v) is 8.62. The highest BCUT2D eigenvalue weighted by atomic mass is 32.1. The molecule has 1 aliphatic heterocycles. The molecule has 12 heavy (non-hydrogen) atoms. The van der Waals surface area contributed by atoms with Crippen molar-refractivity contribution >= 4 is 17.0 Å². The molecule has 1 aromatic rings. The van der Waals surface area contributed by atoms with Gasteiger partial charge < -0.3 is 0 Å². The van der Waals surface area contributed by atoms with Crippen LogP contribution in [0.3, 0.4) is 0 Å². The molecular formula is C9H12N2S. The summed E-state index contributed by atoms with van der Waals surface area (Å²) < 4.78 is 0. The molecule has 0 aromatic carbocycles. The molecule has 64 valence electrons. The summed E-state index contributed by atoms with van der Waals surface area (Å²) in [5.41, 5.74) is 2.34. The van der Waals surface area contributed by atoms with Gasteiger partial charge in [-0.1, -0.05) is 0 Å². The normalized spacial score (nSPS) is 18.3. The molecular weight excluding hydrogens is 168 g/mol. The summed E-state index contributed by atoms with van der Waals surface area (Å²) in [5, 5.41) is 8.46. The second-order valence-corrected chi connectivity index (χ2v) is 5.13. The number of thiophene rings is 1. The van der Waals surface area contributed by atoms with Crippen LogP contribution in [0.1, 0.15) is 29.2 Å². The first-order valence-corrected chi connectivity index (χ1v) is 4.87. The van der Waals surface area contributed by atoms with Gasteiger partial charge in [0.1, 0.15) is 11.2 Å². The van der Waals surface area contributed by atoms with Crippen molar-refractivity contribution in [2.24, 2.45) is 10.2 Å². The van der Waals surface area contributed by atoms with Gasteiger partial charge in [-0.15, -0.1) is 11.3 Å². The van der Waals surface area contributed by atoms with Crippen LogP contribution in [-0.2, 0) is 5.54 Å². The van der Waals surface area contributed by atoms with Crippen molar-refractivity contribution in [3.05, 3.63) is 15.3 Å². The van der Waals surface area contributed by atoms with Gasteiger partial charge in [0, 0.05) is 15.3 Å². The van der Waals surface area contributed by atoms with Gasteiger partial charge in [-0.05, 0) is 27.7 Å². The maximum absolute atomic E-state index is 4.25. The molecule has 0 saturated carbocycles. The molecule has 0 spiro atoms. The average Bonchev–Trinajstić information content (AvgIpc) is 2.37. The Balaban J connectivity index is 2.72. The number of aryl methyl sites for hydroxylation is 2. The Morgan fingerprint density at radius 1 is 1.17 bits per heavy atom. The van der Waals surface area contributed by atoms with E-state index in [0.717, 1.165) is 5.69 Å². The third-order valence-electron chi connectivity index (χ3n) is 2.24. The van der Waals surface area contributed by atoms with Gasteiger partial charge in [0.15, 0.2) is 0 Å². The van der Waals surface area contributed by atoms with E-state index >= 15 is 0 Å². The van der Waals surface area contributed by atoms with Crippen LogP contribution in [0.25, 0.3) is 0 Å². The SMILES string of the molecule is Cc1sc(C)c2c1N=NC2(C)C. The molecule has 0 radical (unpaired) electrons. The fourth-order valence-electron chi connectivity index (χ4n) is 1.74. The van der Waals surface area contributed by atoms with E-state index in [4.69, 9.17) is 0 Å². The van der Waals surface area contributed by atoms with Crippen molar-refractivity contribution in [2.45, 2.75) is 33.2 Å². The van der Waals surface area contributed by atoms with Crippen LogP contribution in [-0.4, -0.2) is 0 Å². The minimum absolute atomic E-state index is 0.0931. The van der Waals surface area contributed by atoms with Crippen molar-refractivity contribution in [1.29, 1.82) is 0 Å². The summed E-state index contributed by atoms with van der Waals surface area (Å²) in [6.45, 7) is 8.48. The van der Waals surface area contributed by atoms with Crippen LogP contribution in [0.2, 0.25) is 0 Å². The first-order valence-electron chi connectivity index (χ1n) is 4.06. The fraction of sp³-hybridized carbons (Fsp3) is 0.556. The Bertz CT molecular complexity index is 361. The van der Waals surface area contributed by atoms with E-state index in [1.54, 1.807) is 0 Å². The number of azo groups is 1. The first kappa shape index (κ1) is 7.92. The maximum Gasteiger partial charge on any atom is 0.105 e. The summed E-state index contributed by atoms with van der Waals surface area (Å²) in [6, 6.07) is 0. The van der Waals surface area contributed by atoms with Gasteiger partial charge in [-0.3, -0.25) is 0 Å². The van der Waals surface area contributed by atoms with Crippen molar-refractivity contribution in [3.8, 4) is 0 Å². The smallest absolute Gasteiger partial charge is 0.105 e. The first-order chi connectivity index (χ1) is 5.52. The van der Waals surface area contributed by atoms with Crippen LogP contribution in [0, 0.1) is 13.8 Å². The van der Waals surface area contributed by atoms with E-state index in [1.165, 1.54) is 15.3 Å². The van der Waals surface area contributed by atoms with Crippen LogP contribution >= 0.6 is 11.3 Å². The van der Waals surface area contributed by atoms with Crippen LogP contribution in [0.5, 0.6) is 0 Å². The van der Waals surface area contributed by atoms with Gasteiger partial charge in [-0.2, -0.15) is 10.2 Å². The topological polar surface area (TPSA) is 24.7 Å². The van der Waals surface area contributed by atoms with E-state index in [2.05, 4.69) is 37.9 Å². The van der Waals surface area contributed by atoms with E-state index in [0.29, 0.717) is 0 Å². The number of rotatable bonds is 0. The van der Waals surface area contributed by atoms with Crippen molar-refractivity contribution < 1.29 is 0 Å². The average molecular weight is 180 g/mol. The Morgan fingerprint density at radius 2 is 1.83 bits per heavy atom. The van der Waals surface area contributed by atoms with Gasteiger partial charge >= 0.3 is 0 Å². The molecule has 0 atom stereocenters. The van der Waals surface area contributed by atoms with Crippen molar-refractivity contribution in [1.82, 2.24) is 0 Å². The quantitative estimate of drug-likeness (QED) is 0.581. The third-order valence-corrected chi connectivity index (χ3v) is 3.25. The van der Waals surface area contributed by atoms with Crippen LogP contribution in [0.15, 0.2) is 10.2 Å². The predicted octanol–water partition coefficient (Wildman–Crippen LogP) is 3.70. The Labute approximate surface area is 76.3 Å². The highest BCUT2D eigenvalue weighted by molar-refractivity contribution is 7.12. The lowest BCUT2D eigenvalue weighted by molar-refractivity contribution is 0.554. The predicted molar refractivity (Wildman–Crippen MR) is 51.3 cm³/mol. The summed E-state index contributed by atoms with van der Waals surface area (Å²) in [5.74, 6) is 0.